The fraction of sp³-hybridized carbons (Fsp3) is 0. The Balaban J connectivity index is 1.23. The summed E-state index contributed by atoms with van der Waals surface area (Å²) in [4.78, 5) is 14.1. The van der Waals surface area contributed by atoms with Gasteiger partial charge in [-0.25, -0.2) is 14.8 Å². The van der Waals surface area contributed by atoms with E-state index >= 15 is 0 Å². The molecular weight excluding hydrogens is 707 g/mol. The molecule has 58 heavy (non-hydrogen) atoms. The molecule has 5 heteroatoms. The smallest absolute Gasteiger partial charge is 0.188 e. The molecule has 5 nitrogen and oxygen atoms in total. The summed E-state index contributed by atoms with van der Waals surface area (Å²) in [6.07, 6.45) is 0. The Hall–Kier alpha value is -8.07. The van der Waals surface area contributed by atoms with Crippen LogP contribution in [-0.4, -0.2) is 19.1 Å². The van der Waals surface area contributed by atoms with Crippen molar-refractivity contribution in [2.75, 3.05) is 0 Å². The Bertz CT molecular complexity index is 3290. The predicted molar refractivity (Wildman–Crippen MR) is 239 cm³/mol. The second-order valence-electron chi connectivity index (χ2n) is 14.5. The number of hydrogen-bond donors (Lipinski definition) is 0. The number of para-hydroxylation sites is 4. The molecule has 0 aliphatic carbocycles. The van der Waals surface area contributed by atoms with E-state index in [1.807, 2.05) is 48.5 Å². The second kappa shape index (κ2) is 13.6. The van der Waals surface area contributed by atoms with Gasteiger partial charge < -0.3 is 9.13 Å². The molecule has 3 aromatic heterocycles. The molecule has 0 bridgehead atoms. The summed E-state index contributed by atoms with van der Waals surface area (Å²) in [5.74, 6) is 0.672. The molecule has 0 saturated heterocycles. The standard InChI is InChI=1S/C53H33N5/c1-54-38-29-31-52-44(33-38)42-23-11-15-27-50(42)58(52)51-30-28-37(46-34-45(35-16-4-2-5-17-35)55-53(56-46)36-18-6-3-7-19-36)32-43(51)41-22-10-14-26-49(41)57-47-24-12-8-20-39(47)40-21-9-13-25-48(40)57/h2-34H. The van der Waals surface area contributed by atoms with Crippen LogP contribution in [-0.2, 0) is 0 Å². The highest BCUT2D eigenvalue weighted by molar-refractivity contribution is 6.12. The van der Waals surface area contributed by atoms with Gasteiger partial charge >= 0.3 is 0 Å². The Morgan fingerprint density at radius 1 is 0.362 bits per heavy atom. The van der Waals surface area contributed by atoms with Gasteiger partial charge in [-0.2, -0.15) is 0 Å². The number of benzene rings is 8. The van der Waals surface area contributed by atoms with Crippen molar-refractivity contribution >= 4 is 49.3 Å². The summed E-state index contributed by atoms with van der Waals surface area (Å²) in [5, 5.41) is 4.57. The molecule has 270 valence electrons. The zero-order chi connectivity index (χ0) is 38.6. The van der Waals surface area contributed by atoms with E-state index in [0.717, 1.165) is 83.4 Å². The number of hydrogen-bond acceptors (Lipinski definition) is 2. The normalized spacial score (nSPS) is 11.4. The first kappa shape index (κ1) is 33.3. The van der Waals surface area contributed by atoms with Gasteiger partial charge in [0.05, 0.1) is 51.4 Å². The summed E-state index contributed by atoms with van der Waals surface area (Å²) >= 11 is 0. The van der Waals surface area contributed by atoms with E-state index in [1.165, 1.54) is 10.8 Å². The third-order valence-electron chi connectivity index (χ3n) is 11.2. The molecular formula is C53H33N5. The molecule has 0 unspecified atom stereocenters. The van der Waals surface area contributed by atoms with Gasteiger partial charge in [0, 0.05) is 44.0 Å². The Labute approximate surface area is 335 Å². The zero-order valence-electron chi connectivity index (χ0n) is 31.3. The van der Waals surface area contributed by atoms with Crippen LogP contribution in [0.5, 0.6) is 0 Å². The first-order valence-corrected chi connectivity index (χ1v) is 19.4. The topological polar surface area (TPSA) is 40.0 Å². The van der Waals surface area contributed by atoms with E-state index in [-0.39, 0.29) is 0 Å². The Morgan fingerprint density at radius 2 is 0.862 bits per heavy atom. The molecule has 0 amide bonds. The molecule has 11 rings (SSSR count). The van der Waals surface area contributed by atoms with Crippen molar-refractivity contribution in [3.63, 3.8) is 0 Å². The quantitative estimate of drug-likeness (QED) is 0.159. The highest BCUT2D eigenvalue weighted by Crippen LogP contribution is 2.43. The fourth-order valence-electron chi connectivity index (χ4n) is 8.54. The van der Waals surface area contributed by atoms with Crippen molar-refractivity contribution < 1.29 is 0 Å². The van der Waals surface area contributed by atoms with Crippen LogP contribution < -0.4 is 0 Å². The SMILES string of the molecule is [C-]#[N+]c1ccc2c(c1)c1ccccc1n2-c1ccc(-c2cc(-c3ccccc3)nc(-c3ccccc3)n2)cc1-c1ccccc1-n1c2ccccc2c2ccccc21. The van der Waals surface area contributed by atoms with E-state index in [9.17, 15) is 0 Å². The highest BCUT2D eigenvalue weighted by Gasteiger charge is 2.22. The van der Waals surface area contributed by atoms with Gasteiger partial charge in [0.1, 0.15) is 0 Å². The second-order valence-corrected chi connectivity index (χ2v) is 14.5. The Kier molecular flexibility index (Phi) is 7.80. The fourth-order valence-corrected chi connectivity index (χ4v) is 8.54. The van der Waals surface area contributed by atoms with Crippen molar-refractivity contribution in [3.05, 3.63) is 212 Å². The molecule has 0 N–H and O–H groups in total. The van der Waals surface area contributed by atoms with Crippen molar-refractivity contribution in [1.29, 1.82) is 0 Å². The first-order chi connectivity index (χ1) is 28.7. The van der Waals surface area contributed by atoms with E-state index < -0.39 is 0 Å². The molecule has 0 radical (unpaired) electrons. The minimum Gasteiger partial charge on any atom is -0.309 e. The number of fused-ring (bicyclic) bond motifs is 6. The number of rotatable bonds is 6. The maximum absolute atomic E-state index is 7.80. The van der Waals surface area contributed by atoms with Gasteiger partial charge in [-0.15, -0.1) is 0 Å². The van der Waals surface area contributed by atoms with E-state index in [1.54, 1.807) is 0 Å². The number of aromatic nitrogens is 4. The molecule has 0 fully saturated rings. The van der Waals surface area contributed by atoms with E-state index in [2.05, 4.69) is 166 Å². The van der Waals surface area contributed by atoms with Crippen LogP contribution in [0.25, 0.3) is 105 Å². The zero-order valence-corrected chi connectivity index (χ0v) is 31.3. The van der Waals surface area contributed by atoms with Crippen LogP contribution in [0.2, 0.25) is 0 Å². The lowest BCUT2D eigenvalue weighted by Crippen LogP contribution is -2.02. The molecule has 3 heterocycles. The average molecular weight is 740 g/mol. The molecule has 0 saturated carbocycles. The van der Waals surface area contributed by atoms with Gasteiger partial charge in [-0.05, 0) is 60.0 Å². The third kappa shape index (κ3) is 5.39. The lowest BCUT2D eigenvalue weighted by Gasteiger charge is -2.20. The average Bonchev–Trinajstić information content (AvgIpc) is 3.81. The van der Waals surface area contributed by atoms with Gasteiger partial charge in [-0.3, -0.25) is 0 Å². The predicted octanol–water partition coefficient (Wildman–Crippen LogP) is 13.9. The van der Waals surface area contributed by atoms with Crippen LogP contribution in [0.15, 0.2) is 200 Å². The summed E-state index contributed by atoms with van der Waals surface area (Å²) in [7, 11) is 0. The summed E-state index contributed by atoms with van der Waals surface area (Å²) in [6.45, 7) is 7.80. The lowest BCUT2D eigenvalue weighted by atomic mass is 9.96. The summed E-state index contributed by atoms with van der Waals surface area (Å²) in [6, 6.07) is 69.8. The largest absolute Gasteiger partial charge is 0.309 e. The molecule has 8 aromatic carbocycles. The van der Waals surface area contributed by atoms with Crippen molar-refractivity contribution in [3.8, 4) is 56.4 Å². The molecule has 0 aliphatic heterocycles. The molecule has 0 aliphatic rings. The summed E-state index contributed by atoms with van der Waals surface area (Å²) < 4.78 is 4.75. The first-order valence-electron chi connectivity index (χ1n) is 19.4. The van der Waals surface area contributed by atoms with Crippen molar-refractivity contribution in [2.24, 2.45) is 0 Å². The Morgan fingerprint density at radius 3 is 1.50 bits per heavy atom. The van der Waals surface area contributed by atoms with Crippen molar-refractivity contribution in [1.82, 2.24) is 19.1 Å². The van der Waals surface area contributed by atoms with Gasteiger partial charge in [0.2, 0.25) is 0 Å². The van der Waals surface area contributed by atoms with Crippen molar-refractivity contribution in [2.45, 2.75) is 0 Å². The van der Waals surface area contributed by atoms with Gasteiger partial charge in [0.25, 0.3) is 0 Å². The monoisotopic (exact) mass is 739 g/mol. The minimum atomic E-state index is 0.620. The third-order valence-corrected chi connectivity index (χ3v) is 11.2. The van der Waals surface area contributed by atoms with E-state index in [0.29, 0.717) is 11.5 Å². The molecule has 0 atom stereocenters. The van der Waals surface area contributed by atoms with Crippen LogP contribution >= 0.6 is 0 Å². The van der Waals surface area contributed by atoms with Crippen LogP contribution in [0.1, 0.15) is 0 Å². The summed E-state index contributed by atoms with van der Waals surface area (Å²) in [5.41, 5.74) is 13.9. The van der Waals surface area contributed by atoms with Gasteiger partial charge in [-0.1, -0.05) is 146 Å². The van der Waals surface area contributed by atoms with Gasteiger partial charge in [0.15, 0.2) is 11.5 Å². The lowest BCUT2D eigenvalue weighted by molar-refractivity contribution is 1.16. The maximum atomic E-state index is 7.80. The maximum Gasteiger partial charge on any atom is 0.188 e. The molecule has 0 spiro atoms. The highest BCUT2D eigenvalue weighted by atomic mass is 15.0. The molecule has 11 aromatic rings. The van der Waals surface area contributed by atoms with Crippen LogP contribution in [0.3, 0.4) is 0 Å². The van der Waals surface area contributed by atoms with Crippen LogP contribution in [0.4, 0.5) is 5.69 Å². The minimum absolute atomic E-state index is 0.620. The van der Waals surface area contributed by atoms with E-state index in [4.69, 9.17) is 16.5 Å². The number of nitrogens with zero attached hydrogens (tertiary/aromatic N) is 5. The van der Waals surface area contributed by atoms with Crippen LogP contribution in [0, 0.1) is 6.57 Å².